The normalized spacial score (nSPS) is 25.8. The predicted octanol–water partition coefficient (Wildman–Crippen LogP) is 2.22. The Morgan fingerprint density at radius 2 is 1.89 bits per heavy atom. The van der Waals surface area contributed by atoms with Crippen LogP contribution in [0.3, 0.4) is 0 Å². The van der Waals surface area contributed by atoms with Crippen molar-refractivity contribution in [3.63, 3.8) is 0 Å². The number of ether oxygens (including phenoxy) is 1. The van der Waals surface area contributed by atoms with Gasteiger partial charge in [-0.15, -0.1) is 0 Å². The first-order valence-electron chi connectivity index (χ1n) is 7.28. The van der Waals surface area contributed by atoms with Crippen LogP contribution in [0.5, 0.6) is 0 Å². The first-order valence-corrected chi connectivity index (χ1v) is 8.22. The zero-order valence-electron chi connectivity index (χ0n) is 12.4. The van der Waals surface area contributed by atoms with Crippen molar-refractivity contribution in [1.82, 2.24) is 10.2 Å². The van der Waals surface area contributed by atoms with Crippen LogP contribution >= 0.6 is 11.8 Å². The molecule has 0 radical (unpaired) electrons. The van der Waals surface area contributed by atoms with E-state index in [1.165, 1.54) is 19.6 Å². The summed E-state index contributed by atoms with van der Waals surface area (Å²) in [6.07, 6.45) is 1.47. The van der Waals surface area contributed by atoms with Crippen LogP contribution in [-0.2, 0) is 4.74 Å². The predicted molar refractivity (Wildman–Crippen MR) is 81.5 cm³/mol. The Kier molecular flexibility index (Phi) is 8.31. The van der Waals surface area contributed by atoms with Crippen molar-refractivity contribution in [2.75, 3.05) is 39.3 Å². The van der Waals surface area contributed by atoms with Crippen molar-refractivity contribution in [2.24, 2.45) is 0 Å². The van der Waals surface area contributed by atoms with Gasteiger partial charge in [0.05, 0.1) is 6.10 Å². The lowest BCUT2D eigenvalue weighted by Gasteiger charge is -2.34. The highest BCUT2D eigenvalue weighted by Gasteiger charge is 2.21. The van der Waals surface area contributed by atoms with Crippen molar-refractivity contribution in [2.45, 2.75) is 50.7 Å². The van der Waals surface area contributed by atoms with E-state index in [2.05, 4.69) is 49.7 Å². The molecule has 18 heavy (non-hydrogen) atoms. The minimum atomic E-state index is 0.360. The summed E-state index contributed by atoms with van der Waals surface area (Å²) in [5.74, 6) is 0. The van der Waals surface area contributed by atoms with Gasteiger partial charge in [0.2, 0.25) is 0 Å². The van der Waals surface area contributed by atoms with Crippen molar-refractivity contribution in [3.05, 3.63) is 0 Å². The van der Waals surface area contributed by atoms with Gasteiger partial charge in [-0.3, -0.25) is 4.90 Å². The molecule has 0 bridgehead atoms. The molecule has 4 heteroatoms. The second-order valence-corrected chi connectivity index (χ2v) is 7.42. The fourth-order valence-electron chi connectivity index (χ4n) is 2.35. The first-order chi connectivity index (χ1) is 8.58. The van der Waals surface area contributed by atoms with Crippen molar-refractivity contribution < 1.29 is 4.74 Å². The largest absolute Gasteiger partial charge is 0.379 e. The number of nitrogens with zero attached hydrogens (tertiary/aromatic N) is 1. The Labute approximate surface area is 117 Å². The molecule has 0 aromatic rings. The summed E-state index contributed by atoms with van der Waals surface area (Å²) in [5.41, 5.74) is 0. The van der Waals surface area contributed by atoms with E-state index in [9.17, 15) is 0 Å². The lowest BCUT2D eigenvalue weighted by atomic mass is 10.3. The van der Waals surface area contributed by atoms with E-state index in [4.69, 9.17) is 4.74 Å². The Hall–Kier alpha value is 0.230. The van der Waals surface area contributed by atoms with Gasteiger partial charge in [0.1, 0.15) is 0 Å². The van der Waals surface area contributed by atoms with Gasteiger partial charge in [0, 0.05) is 43.3 Å². The van der Waals surface area contributed by atoms with Crippen LogP contribution in [-0.4, -0.2) is 60.8 Å². The monoisotopic (exact) mass is 274 g/mol. The first kappa shape index (κ1) is 16.3. The summed E-state index contributed by atoms with van der Waals surface area (Å²) in [7, 11) is 0. The van der Waals surface area contributed by atoms with Crippen molar-refractivity contribution in [3.8, 4) is 0 Å². The van der Waals surface area contributed by atoms with Crippen LogP contribution in [0.2, 0.25) is 0 Å². The molecule has 1 saturated heterocycles. The average Bonchev–Trinajstić information content (AvgIpc) is 2.26. The summed E-state index contributed by atoms with van der Waals surface area (Å²) in [4.78, 5) is 2.59. The lowest BCUT2D eigenvalue weighted by molar-refractivity contribution is 0.0770. The Morgan fingerprint density at radius 1 is 1.22 bits per heavy atom. The number of hydrogen-bond acceptors (Lipinski definition) is 4. The molecule has 0 spiro atoms. The number of rotatable bonds is 8. The number of hydrogen-bond donors (Lipinski definition) is 1. The second-order valence-electron chi connectivity index (χ2n) is 5.54. The molecular formula is C14H30N2OS. The molecular weight excluding hydrogens is 244 g/mol. The zero-order valence-corrected chi connectivity index (χ0v) is 13.3. The molecule has 0 aromatic heterocycles. The maximum atomic E-state index is 5.51. The number of nitrogens with one attached hydrogen (secondary N) is 1. The van der Waals surface area contributed by atoms with E-state index in [1.54, 1.807) is 0 Å². The summed E-state index contributed by atoms with van der Waals surface area (Å²) in [6.45, 7) is 15.6. The quantitative estimate of drug-likeness (QED) is 0.686. The number of thioether (sulfide) groups is 1. The van der Waals surface area contributed by atoms with E-state index in [1.807, 2.05) is 0 Å². The molecule has 1 N–H and O–H groups in total. The molecule has 1 rings (SSSR count). The van der Waals surface area contributed by atoms with Crippen molar-refractivity contribution >= 4 is 11.8 Å². The molecule has 3 nitrogen and oxygen atoms in total. The minimum Gasteiger partial charge on any atom is -0.379 e. The lowest BCUT2D eigenvalue weighted by Crippen LogP contribution is -2.43. The third kappa shape index (κ3) is 7.62. The van der Waals surface area contributed by atoms with Crippen LogP contribution < -0.4 is 5.32 Å². The third-order valence-electron chi connectivity index (χ3n) is 3.05. The van der Waals surface area contributed by atoms with Gasteiger partial charge in [-0.25, -0.2) is 0 Å². The summed E-state index contributed by atoms with van der Waals surface area (Å²) in [5, 5.41) is 5.08. The average molecular weight is 274 g/mol. The molecule has 0 amide bonds. The maximum absolute atomic E-state index is 5.51. The van der Waals surface area contributed by atoms with E-state index in [-0.39, 0.29) is 0 Å². The molecule has 0 aromatic carbocycles. The van der Waals surface area contributed by atoms with Crippen molar-refractivity contribution in [1.29, 1.82) is 0 Å². The van der Waals surface area contributed by atoms with E-state index < -0.39 is 0 Å². The van der Waals surface area contributed by atoms with Crippen LogP contribution in [0.15, 0.2) is 0 Å². The SMILES string of the molecule is CC(C)OCCCNCCN1CC(C)SC(C)C1. The van der Waals surface area contributed by atoms with Gasteiger partial charge in [-0.1, -0.05) is 13.8 Å². The maximum Gasteiger partial charge on any atom is 0.0518 e. The Balaban J connectivity index is 1.94. The Morgan fingerprint density at radius 3 is 2.50 bits per heavy atom. The highest BCUT2D eigenvalue weighted by molar-refractivity contribution is 8.00. The zero-order chi connectivity index (χ0) is 13.4. The summed E-state index contributed by atoms with van der Waals surface area (Å²) >= 11 is 2.12. The fraction of sp³-hybridized carbons (Fsp3) is 1.00. The molecule has 0 aliphatic carbocycles. The highest BCUT2D eigenvalue weighted by atomic mass is 32.2. The van der Waals surface area contributed by atoms with Gasteiger partial charge in [0.25, 0.3) is 0 Å². The minimum absolute atomic E-state index is 0.360. The molecule has 1 fully saturated rings. The summed E-state index contributed by atoms with van der Waals surface area (Å²) < 4.78 is 5.51. The van der Waals surface area contributed by atoms with Gasteiger partial charge in [-0.2, -0.15) is 11.8 Å². The van der Waals surface area contributed by atoms with Crippen LogP contribution in [0.1, 0.15) is 34.1 Å². The molecule has 1 aliphatic rings. The molecule has 2 atom stereocenters. The smallest absolute Gasteiger partial charge is 0.0518 e. The topological polar surface area (TPSA) is 24.5 Å². The van der Waals surface area contributed by atoms with Crippen LogP contribution in [0.4, 0.5) is 0 Å². The van der Waals surface area contributed by atoms with E-state index in [0.717, 1.165) is 36.6 Å². The van der Waals surface area contributed by atoms with Gasteiger partial charge in [-0.05, 0) is 26.8 Å². The summed E-state index contributed by atoms with van der Waals surface area (Å²) in [6, 6.07) is 0. The van der Waals surface area contributed by atoms with Gasteiger partial charge >= 0.3 is 0 Å². The second kappa shape index (κ2) is 9.18. The molecule has 1 heterocycles. The third-order valence-corrected chi connectivity index (χ3v) is 4.28. The molecule has 108 valence electrons. The van der Waals surface area contributed by atoms with Crippen LogP contribution in [0.25, 0.3) is 0 Å². The van der Waals surface area contributed by atoms with E-state index in [0.29, 0.717) is 6.10 Å². The highest BCUT2D eigenvalue weighted by Crippen LogP contribution is 2.24. The van der Waals surface area contributed by atoms with Gasteiger partial charge in [0.15, 0.2) is 0 Å². The molecule has 1 aliphatic heterocycles. The molecule has 2 unspecified atom stereocenters. The Bertz CT molecular complexity index is 204. The standard InChI is InChI=1S/C14H30N2OS/c1-12(2)17-9-5-6-15-7-8-16-10-13(3)18-14(4)11-16/h12-15H,5-11H2,1-4H3. The molecule has 0 saturated carbocycles. The fourth-order valence-corrected chi connectivity index (χ4v) is 3.73. The van der Waals surface area contributed by atoms with Gasteiger partial charge < -0.3 is 10.1 Å². The van der Waals surface area contributed by atoms with E-state index >= 15 is 0 Å². The van der Waals surface area contributed by atoms with Crippen LogP contribution in [0, 0.1) is 0 Å².